The third kappa shape index (κ3) is 2.11. The van der Waals surface area contributed by atoms with Crippen molar-refractivity contribution in [1.82, 2.24) is 0 Å². The molecule has 5 atom stereocenters. The van der Waals surface area contributed by atoms with Crippen LogP contribution in [-0.2, 0) is 4.74 Å². The van der Waals surface area contributed by atoms with Crippen LogP contribution in [0.25, 0.3) is 0 Å². The van der Waals surface area contributed by atoms with Gasteiger partial charge in [0.25, 0.3) is 0 Å². The van der Waals surface area contributed by atoms with E-state index in [0.29, 0.717) is 18.4 Å². The van der Waals surface area contributed by atoms with E-state index in [2.05, 4.69) is 26.8 Å². The zero-order valence-corrected chi connectivity index (χ0v) is 12.9. The SMILES string of the molecule is CC1=CC(C)[C@@]2(CO)COC(c3ccc(O)cc3)[C@@H]1C2C. The lowest BCUT2D eigenvalue weighted by atomic mass is 9.56. The third-order valence-electron chi connectivity index (χ3n) is 5.76. The summed E-state index contributed by atoms with van der Waals surface area (Å²) in [6.45, 7) is 7.33. The van der Waals surface area contributed by atoms with Gasteiger partial charge in [0.15, 0.2) is 0 Å². The molecule has 1 aromatic rings. The number of benzene rings is 1. The van der Waals surface area contributed by atoms with Gasteiger partial charge in [-0.3, -0.25) is 0 Å². The third-order valence-corrected chi connectivity index (χ3v) is 5.76. The summed E-state index contributed by atoms with van der Waals surface area (Å²) < 4.78 is 6.19. The number of aromatic hydroxyl groups is 1. The van der Waals surface area contributed by atoms with E-state index in [1.807, 2.05) is 12.1 Å². The number of hydrogen-bond acceptors (Lipinski definition) is 3. The first-order valence-electron chi connectivity index (χ1n) is 7.69. The number of aliphatic hydroxyl groups is 1. The average molecular weight is 288 g/mol. The number of allylic oxidation sites excluding steroid dienone is 1. The number of aliphatic hydroxyl groups excluding tert-OH is 1. The molecule has 0 radical (unpaired) electrons. The maximum absolute atomic E-state index is 9.97. The Bertz CT molecular complexity index is 548. The predicted octanol–water partition coefficient (Wildman–Crippen LogP) is 3.29. The zero-order valence-electron chi connectivity index (χ0n) is 12.9. The van der Waals surface area contributed by atoms with Gasteiger partial charge in [-0.2, -0.15) is 0 Å². The second-order valence-electron chi connectivity index (χ2n) is 6.73. The van der Waals surface area contributed by atoms with Gasteiger partial charge in [0.05, 0.1) is 19.3 Å². The van der Waals surface area contributed by atoms with Crippen molar-refractivity contribution in [1.29, 1.82) is 0 Å². The molecule has 2 aliphatic rings. The highest BCUT2D eigenvalue weighted by Gasteiger charge is 2.53. The molecule has 2 N–H and O–H groups in total. The first-order chi connectivity index (χ1) is 9.99. The lowest BCUT2D eigenvalue weighted by molar-refractivity contribution is -0.165. The van der Waals surface area contributed by atoms with Crippen LogP contribution in [-0.4, -0.2) is 23.4 Å². The van der Waals surface area contributed by atoms with Crippen LogP contribution in [0, 0.1) is 23.2 Å². The molecule has 3 unspecified atom stereocenters. The van der Waals surface area contributed by atoms with E-state index < -0.39 is 0 Å². The quantitative estimate of drug-likeness (QED) is 0.821. The van der Waals surface area contributed by atoms with Crippen LogP contribution >= 0.6 is 0 Å². The molecule has 0 saturated carbocycles. The summed E-state index contributed by atoms with van der Waals surface area (Å²) in [5.41, 5.74) is 2.27. The first-order valence-corrected chi connectivity index (χ1v) is 7.69. The Labute approximate surface area is 126 Å². The predicted molar refractivity (Wildman–Crippen MR) is 81.9 cm³/mol. The highest BCUT2D eigenvalue weighted by atomic mass is 16.5. The Balaban J connectivity index is 2.01. The second kappa shape index (κ2) is 5.15. The molecule has 0 amide bonds. The molecular weight excluding hydrogens is 264 g/mol. The van der Waals surface area contributed by atoms with Gasteiger partial charge in [0, 0.05) is 11.3 Å². The lowest BCUT2D eigenvalue weighted by Gasteiger charge is -2.55. The minimum atomic E-state index is -0.169. The fourth-order valence-electron chi connectivity index (χ4n) is 4.25. The van der Waals surface area contributed by atoms with Gasteiger partial charge in [-0.15, -0.1) is 0 Å². The summed E-state index contributed by atoms with van der Waals surface area (Å²) in [5, 5.41) is 19.4. The molecule has 1 aromatic carbocycles. The minimum absolute atomic E-state index is 0.00373. The second-order valence-corrected chi connectivity index (χ2v) is 6.73. The molecule has 0 aromatic heterocycles. The fraction of sp³-hybridized carbons (Fsp3) is 0.556. The molecule has 3 heteroatoms. The van der Waals surface area contributed by atoms with Gasteiger partial charge in [-0.25, -0.2) is 0 Å². The van der Waals surface area contributed by atoms with E-state index in [1.165, 1.54) is 5.57 Å². The van der Waals surface area contributed by atoms with E-state index >= 15 is 0 Å². The normalized spacial score (nSPS) is 39.0. The van der Waals surface area contributed by atoms with Crippen molar-refractivity contribution in [2.45, 2.75) is 26.9 Å². The number of phenols is 1. The van der Waals surface area contributed by atoms with Gasteiger partial charge >= 0.3 is 0 Å². The lowest BCUT2D eigenvalue weighted by Crippen LogP contribution is -2.53. The summed E-state index contributed by atoms with van der Waals surface area (Å²) in [7, 11) is 0. The summed E-state index contributed by atoms with van der Waals surface area (Å²) in [6.07, 6.45) is 2.31. The zero-order chi connectivity index (χ0) is 15.2. The Hall–Kier alpha value is -1.32. The van der Waals surface area contributed by atoms with Crippen molar-refractivity contribution >= 4 is 0 Å². The maximum atomic E-state index is 9.97. The van der Waals surface area contributed by atoms with Crippen molar-refractivity contribution in [2.24, 2.45) is 23.2 Å². The van der Waals surface area contributed by atoms with E-state index in [4.69, 9.17) is 4.74 Å². The van der Waals surface area contributed by atoms with Gasteiger partial charge in [-0.05, 0) is 36.5 Å². The van der Waals surface area contributed by atoms with Gasteiger partial charge < -0.3 is 14.9 Å². The summed E-state index contributed by atoms with van der Waals surface area (Å²) in [4.78, 5) is 0. The Kier molecular flexibility index (Phi) is 3.58. The van der Waals surface area contributed by atoms with E-state index in [9.17, 15) is 10.2 Å². The van der Waals surface area contributed by atoms with E-state index in [-0.39, 0.29) is 29.8 Å². The van der Waals surface area contributed by atoms with Gasteiger partial charge in [0.2, 0.25) is 0 Å². The van der Waals surface area contributed by atoms with Crippen LogP contribution in [0.3, 0.4) is 0 Å². The van der Waals surface area contributed by atoms with Crippen molar-refractivity contribution in [3.05, 3.63) is 41.5 Å². The van der Waals surface area contributed by atoms with Crippen molar-refractivity contribution in [3.63, 3.8) is 0 Å². The molecule has 1 saturated heterocycles. The van der Waals surface area contributed by atoms with Crippen molar-refractivity contribution < 1.29 is 14.9 Å². The van der Waals surface area contributed by atoms with E-state index in [1.54, 1.807) is 12.1 Å². The number of fused-ring (bicyclic) bond motifs is 2. The minimum Gasteiger partial charge on any atom is -0.508 e. The monoisotopic (exact) mass is 288 g/mol. The van der Waals surface area contributed by atoms with Gasteiger partial charge in [0.1, 0.15) is 5.75 Å². The number of hydrogen-bond donors (Lipinski definition) is 2. The summed E-state index contributed by atoms with van der Waals surface area (Å²) in [5.74, 6) is 1.26. The summed E-state index contributed by atoms with van der Waals surface area (Å²) >= 11 is 0. The molecular formula is C18H24O3. The highest BCUT2D eigenvalue weighted by molar-refractivity contribution is 5.31. The first kappa shape index (κ1) is 14.6. The smallest absolute Gasteiger partial charge is 0.115 e. The van der Waals surface area contributed by atoms with Crippen LogP contribution in [0.15, 0.2) is 35.9 Å². The molecule has 3 rings (SSSR count). The molecule has 1 aliphatic heterocycles. The largest absolute Gasteiger partial charge is 0.508 e. The molecule has 3 nitrogen and oxygen atoms in total. The number of ether oxygens (including phenoxy) is 1. The highest BCUT2D eigenvalue weighted by Crippen LogP contribution is 2.55. The van der Waals surface area contributed by atoms with Crippen LogP contribution in [0.2, 0.25) is 0 Å². The van der Waals surface area contributed by atoms with Gasteiger partial charge in [-0.1, -0.05) is 37.6 Å². The fourth-order valence-corrected chi connectivity index (χ4v) is 4.25. The molecule has 0 spiro atoms. The van der Waals surface area contributed by atoms with Crippen LogP contribution < -0.4 is 0 Å². The summed E-state index contributed by atoms with van der Waals surface area (Å²) in [6, 6.07) is 7.29. The average Bonchev–Trinajstić information content (AvgIpc) is 2.46. The standard InChI is InChI=1S/C18H24O3/c1-11-8-12(2)18(9-19)10-21-17(16(11)13(18)3)14-4-6-15(20)7-5-14/h4-8,12-13,16-17,19-20H,9-10H2,1-3H3/t12?,13?,16-,17?,18+/m0/s1. The molecule has 1 fully saturated rings. The maximum Gasteiger partial charge on any atom is 0.115 e. The van der Waals surface area contributed by atoms with Crippen molar-refractivity contribution in [2.75, 3.05) is 13.2 Å². The molecule has 114 valence electrons. The van der Waals surface area contributed by atoms with Crippen molar-refractivity contribution in [3.8, 4) is 5.75 Å². The molecule has 2 bridgehead atoms. The topological polar surface area (TPSA) is 49.7 Å². The van der Waals surface area contributed by atoms with Crippen LogP contribution in [0.5, 0.6) is 5.75 Å². The number of rotatable bonds is 2. The number of phenolic OH excluding ortho intramolecular Hbond substituents is 1. The van der Waals surface area contributed by atoms with E-state index in [0.717, 1.165) is 5.56 Å². The van der Waals surface area contributed by atoms with Crippen LogP contribution in [0.1, 0.15) is 32.4 Å². The molecule has 1 aliphatic carbocycles. The Morgan fingerprint density at radius 3 is 2.52 bits per heavy atom. The Morgan fingerprint density at radius 2 is 1.90 bits per heavy atom. The van der Waals surface area contributed by atoms with Crippen LogP contribution in [0.4, 0.5) is 0 Å². The molecule has 21 heavy (non-hydrogen) atoms. The Morgan fingerprint density at radius 1 is 1.24 bits per heavy atom. The molecule has 1 heterocycles.